The van der Waals surface area contributed by atoms with Crippen molar-refractivity contribution in [3.63, 3.8) is 0 Å². The van der Waals surface area contributed by atoms with Crippen molar-refractivity contribution in [2.24, 2.45) is 12.8 Å². The van der Waals surface area contributed by atoms with E-state index in [-0.39, 0.29) is 0 Å². The second kappa shape index (κ2) is 8.16. The number of benzene rings is 1. The van der Waals surface area contributed by atoms with Crippen molar-refractivity contribution in [3.8, 4) is 11.4 Å². The summed E-state index contributed by atoms with van der Waals surface area (Å²) >= 11 is 1.26. The van der Waals surface area contributed by atoms with E-state index in [0.29, 0.717) is 10.6 Å². The number of anilines is 3. The highest BCUT2D eigenvalue weighted by Gasteiger charge is 2.22. The molecule has 0 radical (unpaired) electrons. The van der Waals surface area contributed by atoms with Gasteiger partial charge in [0.2, 0.25) is 0 Å². The molecule has 32 heavy (non-hydrogen) atoms. The van der Waals surface area contributed by atoms with E-state index in [2.05, 4.69) is 44.0 Å². The zero-order chi connectivity index (χ0) is 22.2. The predicted molar refractivity (Wildman–Crippen MR) is 130 cm³/mol. The van der Waals surface area contributed by atoms with Gasteiger partial charge in [0.1, 0.15) is 15.5 Å². The van der Waals surface area contributed by atoms with Gasteiger partial charge in [-0.15, -0.1) is 11.3 Å². The van der Waals surface area contributed by atoms with Crippen molar-refractivity contribution in [1.82, 2.24) is 14.5 Å². The summed E-state index contributed by atoms with van der Waals surface area (Å²) in [7, 11) is 2.00. The summed E-state index contributed by atoms with van der Waals surface area (Å²) in [6.45, 7) is 3.61. The summed E-state index contributed by atoms with van der Waals surface area (Å²) < 4.78 is 2.02. The maximum Gasteiger partial charge on any atom is 0.260 e. The minimum atomic E-state index is -0.507. The lowest BCUT2D eigenvalue weighted by Crippen LogP contribution is -2.30. The van der Waals surface area contributed by atoms with Crippen molar-refractivity contribution in [1.29, 1.82) is 0 Å². The minimum absolute atomic E-state index is 0.379. The molecule has 0 unspecified atom stereocenters. The number of rotatable bonds is 4. The van der Waals surface area contributed by atoms with E-state index >= 15 is 0 Å². The Labute approximate surface area is 190 Å². The van der Waals surface area contributed by atoms with Crippen LogP contribution in [-0.2, 0) is 7.05 Å². The highest BCUT2D eigenvalue weighted by Crippen LogP contribution is 2.38. The molecule has 4 aromatic rings. The third kappa shape index (κ3) is 3.54. The molecule has 1 fully saturated rings. The smallest absolute Gasteiger partial charge is 0.260 e. The Morgan fingerprint density at radius 1 is 1.00 bits per heavy atom. The van der Waals surface area contributed by atoms with Crippen LogP contribution in [0.25, 0.3) is 21.6 Å². The minimum Gasteiger partial charge on any atom is -0.397 e. The number of thiophene rings is 1. The molecule has 0 atom stereocenters. The Bertz CT molecular complexity index is 1280. The highest BCUT2D eigenvalue weighted by atomic mass is 32.1. The first-order valence-electron chi connectivity index (χ1n) is 10.6. The van der Waals surface area contributed by atoms with Crippen molar-refractivity contribution in [3.05, 3.63) is 53.8 Å². The van der Waals surface area contributed by atoms with Gasteiger partial charge >= 0.3 is 0 Å². The first-order valence-corrected chi connectivity index (χ1v) is 11.4. The van der Waals surface area contributed by atoms with Gasteiger partial charge in [-0.1, -0.05) is 0 Å². The maximum absolute atomic E-state index is 11.8. The average Bonchev–Trinajstić information content (AvgIpc) is 3.28. The number of imidazole rings is 1. The fourth-order valence-electron chi connectivity index (χ4n) is 4.36. The number of primary amides is 1. The topological polar surface area (TPSA) is 106 Å². The molecule has 8 nitrogen and oxygen atoms in total. The van der Waals surface area contributed by atoms with Crippen molar-refractivity contribution >= 4 is 44.5 Å². The lowest BCUT2D eigenvalue weighted by atomic mass is 10.2. The van der Waals surface area contributed by atoms with Crippen LogP contribution in [-0.4, -0.2) is 46.6 Å². The fraction of sp³-hybridized carbons (Fsp3) is 0.261. The van der Waals surface area contributed by atoms with E-state index in [0.717, 1.165) is 59.9 Å². The summed E-state index contributed by atoms with van der Waals surface area (Å²) in [5.41, 5.74) is 15.6. The summed E-state index contributed by atoms with van der Waals surface area (Å²) in [5, 5.41) is 0.833. The van der Waals surface area contributed by atoms with Gasteiger partial charge in [0.15, 0.2) is 0 Å². The molecule has 9 heteroatoms. The van der Waals surface area contributed by atoms with Gasteiger partial charge < -0.3 is 25.8 Å². The summed E-state index contributed by atoms with van der Waals surface area (Å²) in [5.74, 6) is 0.455. The van der Waals surface area contributed by atoms with Gasteiger partial charge in [0.05, 0.1) is 16.8 Å². The Morgan fingerprint density at radius 2 is 1.75 bits per heavy atom. The van der Waals surface area contributed by atoms with E-state index in [1.807, 2.05) is 30.1 Å². The number of nitrogen functional groups attached to an aromatic ring is 1. The van der Waals surface area contributed by atoms with Crippen LogP contribution in [0.15, 0.2) is 48.9 Å². The van der Waals surface area contributed by atoms with Crippen LogP contribution in [0.1, 0.15) is 16.1 Å². The third-order valence-electron chi connectivity index (χ3n) is 5.98. The number of hydrogen-bond donors (Lipinski definition) is 2. The third-order valence-corrected chi connectivity index (χ3v) is 7.11. The number of carbonyl (C=O) groups excluding carboxylic acids is 1. The number of hydrogen-bond acceptors (Lipinski definition) is 7. The second-order valence-corrected chi connectivity index (χ2v) is 8.95. The highest BCUT2D eigenvalue weighted by molar-refractivity contribution is 7.21. The maximum atomic E-state index is 11.8. The SMILES string of the molecule is Cn1ccnc1-c1ccc(N2CCCN(c3ccnc4sc(C(N)=O)c(N)c34)CC2)cc1. The van der Waals surface area contributed by atoms with E-state index in [1.165, 1.54) is 17.0 Å². The lowest BCUT2D eigenvalue weighted by Gasteiger charge is -2.25. The quantitative estimate of drug-likeness (QED) is 0.498. The summed E-state index contributed by atoms with van der Waals surface area (Å²) in [4.78, 5) is 26.5. The number of fused-ring (bicyclic) bond motifs is 1. The molecule has 164 valence electrons. The first kappa shape index (κ1) is 20.3. The lowest BCUT2D eigenvalue weighted by molar-refractivity contribution is 0.100. The normalized spacial score (nSPS) is 14.7. The number of aromatic nitrogens is 3. The van der Waals surface area contributed by atoms with Gasteiger partial charge in [0, 0.05) is 63.1 Å². The Balaban J connectivity index is 1.37. The van der Waals surface area contributed by atoms with Crippen LogP contribution >= 0.6 is 11.3 Å². The van der Waals surface area contributed by atoms with Gasteiger partial charge in [0.25, 0.3) is 5.91 Å². The molecule has 4 heterocycles. The molecular weight excluding hydrogens is 422 g/mol. The fourth-order valence-corrected chi connectivity index (χ4v) is 5.29. The van der Waals surface area contributed by atoms with Crippen molar-refractivity contribution in [2.75, 3.05) is 41.7 Å². The standard InChI is InChI=1S/C23H25N7OS/c1-28-12-9-26-22(28)15-3-5-16(6-4-15)29-10-2-11-30(14-13-29)17-7-8-27-23-18(17)19(24)20(32-23)21(25)31/h3-9,12H,2,10-11,13-14,24H2,1H3,(H2,25,31). The predicted octanol–water partition coefficient (Wildman–Crippen LogP) is 3.09. The number of pyridine rings is 1. The van der Waals surface area contributed by atoms with E-state index in [9.17, 15) is 4.79 Å². The van der Waals surface area contributed by atoms with Crippen LogP contribution < -0.4 is 21.3 Å². The molecule has 0 bridgehead atoms. The summed E-state index contributed by atoms with van der Waals surface area (Å²) in [6.07, 6.45) is 6.56. The Morgan fingerprint density at radius 3 is 2.47 bits per heavy atom. The second-order valence-electron chi connectivity index (χ2n) is 7.96. The number of aryl methyl sites for hydroxylation is 1. The van der Waals surface area contributed by atoms with Crippen LogP contribution in [0.3, 0.4) is 0 Å². The van der Waals surface area contributed by atoms with Crippen LogP contribution in [0.5, 0.6) is 0 Å². The molecule has 0 spiro atoms. The molecule has 4 N–H and O–H groups in total. The molecular formula is C23H25N7OS. The van der Waals surface area contributed by atoms with E-state index in [4.69, 9.17) is 11.5 Å². The number of nitrogens with two attached hydrogens (primary N) is 2. The number of amides is 1. The van der Waals surface area contributed by atoms with E-state index < -0.39 is 5.91 Å². The Hall–Kier alpha value is -3.59. The zero-order valence-corrected chi connectivity index (χ0v) is 18.7. The average molecular weight is 448 g/mol. The van der Waals surface area contributed by atoms with Gasteiger partial charge in [-0.2, -0.15) is 0 Å². The number of carbonyl (C=O) groups is 1. The van der Waals surface area contributed by atoms with E-state index in [1.54, 1.807) is 6.20 Å². The number of nitrogens with zero attached hydrogens (tertiary/aromatic N) is 5. The van der Waals surface area contributed by atoms with Crippen molar-refractivity contribution < 1.29 is 4.79 Å². The molecule has 1 amide bonds. The molecule has 3 aromatic heterocycles. The van der Waals surface area contributed by atoms with Gasteiger partial charge in [-0.3, -0.25) is 4.79 Å². The molecule has 1 aromatic carbocycles. The monoisotopic (exact) mass is 447 g/mol. The van der Waals surface area contributed by atoms with Crippen LogP contribution in [0.4, 0.5) is 17.1 Å². The molecule has 1 aliphatic rings. The Kier molecular flexibility index (Phi) is 5.18. The van der Waals surface area contributed by atoms with Crippen molar-refractivity contribution in [2.45, 2.75) is 6.42 Å². The summed E-state index contributed by atoms with van der Waals surface area (Å²) in [6, 6.07) is 10.6. The van der Waals surface area contributed by atoms with Gasteiger partial charge in [-0.25, -0.2) is 9.97 Å². The molecule has 1 aliphatic heterocycles. The molecule has 0 saturated carbocycles. The zero-order valence-electron chi connectivity index (χ0n) is 17.9. The molecule has 1 saturated heterocycles. The largest absolute Gasteiger partial charge is 0.397 e. The van der Waals surface area contributed by atoms with Crippen LogP contribution in [0, 0.1) is 0 Å². The molecule has 5 rings (SSSR count). The van der Waals surface area contributed by atoms with Gasteiger partial charge in [-0.05, 0) is 36.8 Å². The first-order chi connectivity index (χ1) is 15.5. The molecule has 0 aliphatic carbocycles. The van der Waals surface area contributed by atoms with Crippen LogP contribution in [0.2, 0.25) is 0 Å².